The van der Waals surface area contributed by atoms with Crippen LogP contribution < -0.4 is 0 Å². The number of carboxylic acid groups (broad SMARTS) is 3. The summed E-state index contributed by atoms with van der Waals surface area (Å²) in [5, 5.41) is 26.0. The number of ether oxygens (including phenoxy) is 1. The van der Waals surface area contributed by atoms with Gasteiger partial charge >= 0.3 is 23.9 Å². The van der Waals surface area contributed by atoms with Crippen LogP contribution in [0.5, 0.6) is 0 Å². The Labute approximate surface area is 293 Å². The lowest BCUT2D eigenvalue weighted by Gasteiger charge is -2.01. The highest BCUT2D eigenvalue weighted by Crippen LogP contribution is 2.08. The summed E-state index contributed by atoms with van der Waals surface area (Å²) in [7, 11) is 0. The number of rotatable bonds is 24. The number of allylic oxidation sites excluding steroid dienone is 4. The van der Waals surface area contributed by atoms with Gasteiger partial charge in [-0.3, -0.25) is 19.2 Å². The highest BCUT2D eigenvalue weighted by atomic mass is 16.5. The topological polar surface area (TPSA) is 138 Å². The van der Waals surface area contributed by atoms with Crippen molar-refractivity contribution < 1.29 is 39.2 Å². The largest absolute Gasteiger partial charge is 0.481 e. The third-order valence-corrected chi connectivity index (χ3v) is 7.02. The van der Waals surface area contributed by atoms with Crippen LogP contribution in [0, 0.1) is 17.8 Å². The van der Waals surface area contributed by atoms with Crippen LogP contribution in [0.1, 0.15) is 165 Å². The Kier molecular flexibility index (Phi) is 45.1. The Bertz CT molecular complexity index is 784. The van der Waals surface area contributed by atoms with Gasteiger partial charge in [-0.2, -0.15) is 0 Å². The van der Waals surface area contributed by atoms with Crippen molar-refractivity contribution in [2.75, 3.05) is 0 Å². The summed E-state index contributed by atoms with van der Waals surface area (Å²) in [6, 6.07) is 0. The predicted octanol–water partition coefficient (Wildman–Crippen LogP) is 11.6. The molecule has 0 aromatic heterocycles. The lowest BCUT2D eigenvalue weighted by atomic mass is 10.1. The van der Waals surface area contributed by atoms with Crippen molar-refractivity contribution in [3.63, 3.8) is 0 Å². The number of unbranched alkanes of at least 4 members (excludes halogenated alkanes) is 8. The molecular weight excluding hydrogens is 608 g/mol. The van der Waals surface area contributed by atoms with Gasteiger partial charge in [0, 0.05) is 6.42 Å². The first kappa shape index (κ1) is 51.7. The summed E-state index contributed by atoms with van der Waals surface area (Å²) < 4.78 is 4.81. The maximum Gasteiger partial charge on any atom is 0.310 e. The number of carbonyl (C=O) groups excluding carboxylic acids is 1. The third-order valence-electron chi connectivity index (χ3n) is 7.02. The molecule has 280 valence electrons. The first-order valence-corrected chi connectivity index (χ1v) is 18.5. The molecule has 0 saturated heterocycles. The Morgan fingerprint density at radius 1 is 0.479 bits per heavy atom. The second kappa shape index (κ2) is 41.9. The zero-order valence-electron chi connectivity index (χ0n) is 31.8. The number of esters is 1. The smallest absolute Gasteiger partial charge is 0.310 e. The van der Waals surface area contributed by atoms with E-state index in [1.807, 2.05) is 52.0 Å². The molecule has 0 heterocycles. The van der Waals surface area contributed by atoms with Crippen LogP contribution in [0.15, 0.2) is 48.8 Å². The molecule has 0 aromatic rings. The van der Waals surface area contributed by atoms with E-state index >= 15 is 0 Å². The summed E-state index contributed by atoms with van der Waals surface area (Å²) >= 11 is 0. The molecule has 3 N–H and O–H groups in total. The first-order valence-electron chi connectivity index (χ1n) is 18.5. The van der Waals surface area contributed by atoms with E-state index < -0.39 is 17.9 Å². The molecule has 8 heteroatoms. The van der Waals surface area contributed by atoms with Crippen LogP contribution in [-0.4, -0.2) is 39.2 Å². The normalized spacial score (nSPS) is 12.8. The fraction of sp³-hybridized carbons (Fsp3) is 0.700. The van der Waals surface area contributed by atoms with E-state index in [1.54, 1.807) is 18.2 Å². The van der Waals surface area contributed by atoms with Crippen molar-refractivity contribution in [2.45, 2.75) is 165 Å². The van der Waals surface area contributed by atoms with Crippen LogP contribution in [-0.2, 0) is 23.9 Å². The molecule has 0 spiro atoms. The van der Waals surface area contributed by atoms with Gasteiger partial charge in [-0.1, -0.05) is 137 Å². The minimum atomic E-state index is -0.717. The van der Waals surface area contributed by atoms with Gasteiger partial charge in [-0.05, 0) is 63.9 Å². The molecule has 3 unspecified atom stereocenters. The van der Waals surface area contributed by atoms with Crippen LogP contribution in [0.25, 0.3) is 0 Å². The quantitative estimate of drug-likeness (QED) is 0.0396. The van der Waals surface area contributed by atoms with Crippen molar-refractivity contribution >= 4 is 23.9 Å². The number of aliphatic carboxylic acids is 3. The second-order valence-corrected chi connectivity index (χ2v) is 11.5. The molecule has 0 bridgehead atoms. The minimum absolute atomic E-state index is 0.134. The van der Waals surface area contributed by atoms with Gasteiger partial charge in [-0.25, -0.2) is 0 Å². The number of hydrogen-bond acceptors (Lipinski definition) is 5. The van der Waals surface area contributed by atoms with Gasteiger partial charge in [0.25, 0.3) is 0 Å². The molecule has 8 nitrogen and oxygen atoms in total. The summed E-state index contributed by atoms with van der Waals surface area (Å²) in [5.41, 5.74) is 0. The average molecular weight is 681 g/mol. The lowest BCUT2D eigenvalue weighted by Crippen LogP contribution is -2.08. The minimum Gasteiger partial charge on any atom is -0.481 e. The van der Waals surface area contributed by atoms with Crippen molar-refractivity contribution in [3.05, 3.63) is 48.8 Å². The Balaban J connectivity index is -0.000000269. The number of carboxylic acids is 3. The van der Waals surface area contributed by atoms with E-state index in [2.05, 4.69) is 27.7 Å². The second-order valence-electron chi connectivity index (χ2n) is 11.5. The molecule has 0 aliphatic heterocycles. The van der Waals surface area contributed by atoms with E-state index in [-0.39, 0.29) is 23.7 Å². The fourth-order valence-electron chi connectivity index (χ4n) is 3.70. The average Bonchev–Trinajstić information content (AvgIpc) is 3.05. The van der Waals surface area contributed by atoms with Crippen molar-refractivity contribution in [2.24, 2.45) is 17.8 Å². The van der Waals surface area contributed by atoms with Crippen molar-refractivity contribution in [1.29, 1.82) is 0 Å². The Morgan fingerprint density at radius 3 is 1.00 bits per heavy atom. The number of carbonyl (C=O) groups is 4. The molecule has 3 atom stereocenters. The Hall–Kier alpha value is -3.16. The summed E-state index contributed by atoms with van der Waals surface area (Å²) in [6.07, 6.45) is 31.4. The maximum atomic E-state index is 10.8. The first-order chi connectivity index (χ1) is 23.0. The summed E-state index contributed by atoms with van der Waals surface area (Å²) in [5.74, 6) is -3.16. The lowest BCUT2D eigenvalue weighted by molar-refractivity contribution is -0.141. The highest BCUT2D eigenvalue weighted by molar-refractivity contribution is 5.72. The number of hydrogen-bond donors (Lipinski definition) is 3. The van der Waals surface area contributed by atoms with Crippen LogP contribution in [0.3, 0.4) is 0 Å². The van der Waals surface area contributed by atoms with Crippen LogP contribution >= 0.6 is 0 Å². The zero-order chi connectivity index (χ0) is 37.4. The third kappa shape index (κ3) is 40.9. The van der Waals surface area contributed by atoms with E-state index in [9.17, 15) is 19.2 Å². The highest BCUT2D eigenvalue weighted by Gasteiger charge is 2.10. The fourth-order valence-corrected chi connectivity index (χ4v) is 3.70. The molecule has 0 saturated carbocycles. The molecule has 0 aliphatic rings. The van der Waals surface area contributed by atoms with Crippen LogP contribution in [0.4, 0.5) is 0 Å². The van der Waals surface area contributed by atoms with Gasteiger partial charge in [0.1, 0.15) is 0 Å². The van der Waals surface area contributed by atoms with E-state index in [1.165, 1.54) is 12.7 Å². The summed E-state index contributed by atoms with van der Waals surface area (Å²) in [4.78, 5) is 42.4. The standard InChI is InChI=1S/4C10H18O2/c3*1-3-5-6-7-8-9(4-2)10(11)12;1-3-5-6-7-9-12-10(11)8-4-2/h3*7-9H,3-6H2,1-2H3,(H,11,12);7,9H,3-6,8H2,1-2H3/b3*8-7+;. The summed E-state index contributed by atoms with van der Waals surface area (Å²) in [6.45, 7) is 16.2. The van der Waals surface area contributed by atoms with Crippen LogP contribution in [0.2, 0.25) is 0 Å². The van der Waals surface area contributed by atoms with E-state index in [4.69, 9.17) is 20.1 Å². The molecule has 0 radical (unpaired) electrons. The van der Waals surface area contributed by atoms with Gasteiger partial charge in [0.05, 0.1) is 24.0 Å². The van der Waals surface area contributed by atoms with Gasteiger partial charge in [0.15, 0.2) is 0 Å². The predicted molar refractivity (Wildman–Crippen MR) is 200 cm³/mol. The van der Waals surface area contributed by atoms with E-state index in [0.717, 1.165) is 77.0 Å². The Morgan fingerprint density at radius 2 is 0.771 bits per heavy atom. The zero-order valence-corrected chi connectivity index (χ0v) is 31.8. The maximum absolute atomic E-state index is 10.8. The molecule has 0 rings (SSSR count). The van der Waals surface area contributed by atoms with Crippen molar-refractivity contribution in [3.8, 4) is 0 Å². The van der Waals surface area contributed by atoms with E-state index in [0.29, 0.717) is 25.7 Å². The van der Waals surface area contributed by atoms with Gasteiger partial charge in [0.2, 0.25) is 0 Å². The van der Waals surface area contributed by atoms with Gasteiger partial charge in [-0.15, -0.1) is 0 Å². The molecule has 0 fully saturated rings. The molecule has 0 aromatic carbocycles. The monoisotopic (exact) mass is 681 g/mol. The molecular formula is C40H72O8. The SMILES string of the molecule is CCCC/C=C/C(CC)C(=O)O.CCCC/C=C/C(CC)C(=O)O.CCCC/C=C/C(CC)C(=O)O.CCCCC=COC(=O)CCC. The van der Waals surface area contributed by atoms with Gasteiger partial charge < -0.3 is 20.1 Å². The molecule has 0 aliphatic carbocycles. The molecule has 48 heavy (non-hydrogen) atoms. The van der Waals surface area contributed by atoms with Crippen molar-refractivity contribution in [1.82, 2.24) is 0 Å². The molecule has 0 amide bonds.